The van der Waals surface area contributed by atoms with Crippen LogP contribution in [0.15, 0.2) is 24.3 Å². The third-order valence-electron chi connectivity index (χ3n) is 6.84. The summed E-state index contributed by atoms with van der Waals surface area (Å²) in [7, 11) is 1.33. The van der Waals surface area contributed by atoms with E-state index in [1.807, 2.05) is 38.1 Å². The van der Waals surface area contributed by atoms with Crippen LogP contribution in [0.2, 0.25) is 0 Å². The standard InChI is InChI=1S/C25H40N4O4/c1-25(2,13-20(26)22(30)15-27-18-9-5-6-10-18)14-23(31)29-16-19(28-24(32)33-3)12-17-8-4-7-11-21(17)29/h4,7-8,11,18-20,22,27,30H,5-6,9-10,12-16,26H2,1-3H3,(H,28,32)/t19?,20-,22-/m0/s1. The normalized spacial score (nSPS) is 20.8. The lowest BCUT2D eigenvalue weighted by atomic mass is 9.80. The van der Waals surface area contributed by atoms with Gasteiger partial charge in [0.25, 0.3) is 0 Å². The number of amides is 2. The van der Waals surface area contributed by atoms with E-state index in [9.17, 15) is 14.7 Å². The number of nitrogens with two attached hydrogens (primary N) is 1. The van der Waals surface area contributed by atoms with Crippen molar-refractivity contribution in [3.05, 3.63) is 29.8 Å². The van der Waals surface area contributed by atoms with Gasteiger partial charge in [-0.15, -0.1) is 0 Å². The number of hydrogen-bond donors (Lipinski definition) is 4. The molecule has 1 heterocycles. The molecule has 33 heavy (non-hydrogen) atoms. The number of aliphatic hydroxyl groups excluding tert-OH is 1. The second-order valence-corrected chi connectivity index (χ2v) is 10.3. The van der Waals surface area contributed by atoms with Crippen LogP contribution in [0.4, 0.5) is 10.5 Å². The maximum atomic E-state index is 13.4. The van der Waals surface area contributed by atoms with E-state index in [1.165, 1.54) is 20.0 Å². The molecule has 0 bridgehead atoms. The first kappa shape index (κ1) is 25.5. The summed E-state index contributed by atoms with van der Waals surface area (Å²) in [6.07, 6.45) is 5.12. The van der Waals surface area contributed by atoms with E-state index in [2.05, 4.69) is 10.6 Å². The average molecular weight is 461 g/mol. The Kier molecular flexibility index (Phi) is 8.73. The molecular weight excluding hydrogens is 420 g/mol. The van der Waals surface area contributed by atoms with Crippen LogP contribution in [-0.2, 0) is 16.0 Å². The molecule has 3 rings (SSSR count). The number of ether oxygens (including phenoxy) is 1. The van der Waals surface area contributed by atoms with E-state index in [0.29, 0.717) is 38.4 Å². The summed E-state index contributed by atoms with van der Waals surface area (Å²) in [6.45, 7) is 4.90. The molecule has 1 aromatic rings. The molecule has 3 atom stereocenters. The van der Waals surface area contributed by atoms with Crippen LogP contribution in [0.5, 0.6) is 0 Å². The summed E-state index contributed by atoms with van der Waals surface area (Å²) in [6, 6.07) is 7.63. The molecule has 8 nitrogen and oxygen atoms in total. The van der Waals surface area contributed by atoms with Gasteiger partial charge in [-0.2, -0.15) is 0 Å². The first-order valence-corrected chi connectivity index (χ1v) is 12.1. The Morgan fingerprint density at radius 2 is 1.94 bits per heavy atom. The maximum Gasteiger partial charge on any atom is 0.407 e. The zero-order chi connectivity index (χ0) is 24.0. The highest BCUT2D eigenvalue weighted by atomic mass is 16.5. The van der Waals surface area contributed by atoms with Crippen LogP contribution in [0, 0.1) is 5.41 Å². The number of rotatable bonds is 9. The number of benzene rings is 1. The molecule has 1 aliphatic heterocycles. The minimum absolute atomic E-state index is 0.0189. The molecule has 0 aromatic heterocycles. The van der Waals surface area contributed by atoms with Gasteiger partial charge >= 0.3 is 6.09 Å². The molecule has 1 aliphatic carbocycles. The number of alkyl carbamates (subject to hydrolysis) is 1. The van der Waals surface area contributed by atoms with Crippen molar-refractivity contribution >= 4 is 17.7 Å². The number of nitrogens with zero attached hydrogens (tertiary/aromatic N) is 1. The number of hydrogen-bond acceptors (Lipinski definition) is 6. The largest absolute Gasteiger partial charge is 0.453 e. The van der Waals surface area contributed by atoms with Gasteiger partial charge in [0.1, 0.15) is 0 Å². The van der Waals surface area contributed by atoms with Gasteiger partial charge in [-0.1, -0.05) is 44.9 Å². The van der Waals surface area contributed by atoms with E-state index in [4.69, 9.17) is 10.5 Å². The first-order chi connectivity index (χ1) is 15.7. The van der Waals surface area contributed by atoms with Crippen LogP contribution in [0.3, 0.4) is 0 Å². The molecule has 1 saturated carbocycles. The predicted octanol–water partition coefficient (Wildman–Crippen LogP) is 2.33. The second-order valence-electron chi connectivity index (χ2n) is 10.3. The van der Waals surface area contributed by atoms with Gasteiger partial charge in [-0.25, -0.2) is 4.79 Å². The van der Waals surface area contributed by atoms with Crippen LogP contribution < -0.4 is 21.3 Å². The quantitative estimate of drug-likeness (QED) is 0.449. The van der Waals surface area contributed by atoms with E-state index in [1.54, 1.807) is 4.90 Å². The van der Waals surface area contributed by atoms with E-state index >= 15 is 0 Å². The van der Waals surface area contributed by atoms with Gasteiger partial charge in [0.15, 0.2) is 0 Å². The van der Waals surface area contributed by atoms with E-state index in [0.717, 1.165) is 24.1 Å². The fourth-order valence-corrected chi connectivity index (χ4v) is 5.07. The molecule has 1 aromatic carbocycles. The van der Waals surface area contributed by atoms with Crippen LogP contribution in [-0.4, -0.2) is 61.5 Å². The zero-order valence-electron chi connectivity index (χ0n) is 20.2. The number of anilines is 1. The van der Waals surface area contributed by atoms with Crippen molar-refractivity contribution in [3.8, 4) is 0 Å². The summed E-state index contributed by atoms with van der Waals surface area (Å²) in [5.74, 6) is -0.0189. The fourth-order valence-electron chi connectivity index (χ4n) is 5.07. The van der Waals surface area contributed by atoms with Gasteiger partial charge < -0.3 is 31.1 Å². The fraction of sp³-hybridized carbons (Fsp3) is 0.680. The van der Waals surface area contributed by atoms with Crippen molar-refractivity contribution in [1.29, 1.82) is 0 Å². The molecule has 2 amide bonds. The number of nitrogens with one attached hydrogen (secondary N) is 2. The van der Waals surface area contributed by atoms with Gasteiger partial charge in [0, 0.05) is 37.3 Å². The molecule has 184 valence electrons. The van der Waals surface area contributed by atoms with Gasteiger partial charge in [-0.05, 0) is 42.7 Å². The molecule has 2 aliphatic rings. The predicted molar refractivity (Wildman–Crippen MR) is 129 cm³/mol. The summed E-state index contributed by atoms with van der Waals surface area (Å²) in [4.78, 5) is 26.9. The van der Waals surface area contributed by atoms with Gasteiger partial charge in [0.2, 0.25) is 5.91 Å². The Hall–Kier alpha value is -2.16. The molecule has 0 spiro atoms. The number of methoxy groups -OCH3 is 1. The highest BCUT2D eigenvalue weighted by molar-refractivity contribution is 5.95. The van der Waals surface area contributed by atoms with Crippen molar-refractivity contribution in [2.24, 2.45) is 11.1 Å². The first-order valence-electron chi connectivity index (χ1n) is 12.1. The highest BCUT2D eigenvalue weighted by Gasteiger charge is 2.34. The van der Waals surface area contributed by atoms with E-state index < -0.39 is 18.2 Å². The Labute approximate surface area is 197 Å². The second kappa shape index (κ2) is 11.3. The smallest absolute Gasteiger partial charge is 0.407 e. The van der Waals surface area contributed by atoms with Crippen LogP contribution in [0.25, 0.3) is 0 Å². The molecule has 5 N–H and O–H groups in total. The number of carbonyl (C=O) groups excluding carboxylic acids is 2. The number of fused-ring (bicyclic) bond motifs is 1. The molecule has 8 heteroatoms. The van der Waals surface area contributed by atoms with Crippen molar-refractivity contribution in [1.82, 2.24) is 10.6 Å². The molecule has 1 fully saturated rings. The van der Waals surface area contributed by atoms with Crippen molar-refractivity contribution in [2.45, 2.75) is 83.0 Å². The Bertz CT molecular complexity index is 809. The number of para-hydroxylation sites is 1. The Morgan fingerprint density at radius 1 is 1.24 bits per heavy atom. The summed E-state index contributed by atoms with van der Waals surface area (Å²) in [5, 5.41) is 16.8. The topological polar surface area (TPSA) is 117 Å². The monoisotopic (exact) mass is 460 g/mol. The lowest BCUT2D eigenvalue weighted by Gasteiger charge is -2.37. The maximum absolute atomic E-state index is 13.4. The van der Waals surface area contributed by atoms with Crippen molar-refractivity contribution < 1.29 is 19.4 Å². The van der Waals surface area contributed by atoms with Crippen LogP contribution in [0.1, 0.15) is 57.9 Å². The summed E-state index contributed by atoms with van der Waals surface area (Å²) in [5.41, 5.74) is 7.84. The Morgan fingerprint density at radius 3 is 2.64 bits per heavy atom. The van der Waals surface area contributed by atoms with Gasteiger partial charge in [-0.3, -0.25) is 4.79 Å². The molecule has 1 unspecified atom stereocenters. The zero-order valence-corrected chi connectivity index (χ0v) is 20.2. The van der Waals surface area contributed by atoms with E-state index in [-0.39, 0.29) is 17.4 Å². The minimum atomic E-state index is -0.649. The van der Waals surface area contributed by atoms with Crippen LogP contribution >= 0.6 is 0 Å². The third-order valence-corrected chi connectivity index (χ3v) is 6.84. The van der Waals surface area contributed by atoms with Crippen molar-refractivity contribution in [2.75, 3.05) is 25.1 Å². The molecular formula is C25H40N4O4. The van der Waals surface area contributed by atoms with Crippen molar-refractivity contribution in [3.63, 3.8) is 0 Å². The summed E-state index contributed by atoms with van der Waals surface area (Å²) < 4.78 is 4.74. The minimum Gasteiger partial charge on any atom is -0.453 e. The van der Waals surface area contributed by atoms with Gasteiger partial charge in [0.05, 0.1) is 19.3 Å². The third kappa shape index (κ3) is 7.16. The number of aliphatic hydroxyl groups is 1. The molecule has 0 saturated heterocycles. The molecule has 0 radical (unpaired) electrons. The average Bonchev–Trinajstić information content (AvgIpc) is 3.29. The lowest BCUT2D eigenvalue weighted by molar-refractivity contribution is -0.120. The Balaban J connectivity index is 1.59. The lowest BCUT2D eigenvalue weighted by Crippen LogP contribution is -2.51. The SMILES string of the molecule is COC(=O)NC1Cc2ccccc2N(C(=O)CC(C)(C)C[C@H](N)[C@@H](O)CNC2CCCC2)C1. The summed E-state index contributed by atoms with van der Waals surface area (Å²) >= 11 is 0. The highest BCUT2D eigenvalue weighted by Crippen LogP contribution is 2.32. The number of carbonyl (C=O) groups is 2.